The number of carbonyl (C=O) groups excluding carboxylic acids is 1. The van der Waals surface area contributed by atoms with E-state index < -0.39 is 0 Å². The van der Waals surface area contributed by atoms with E-state index in [2.05, 4.69) is 17.9 Å². The summed E-state index contributed by atoms with van der Waals surface area (Å²) in [6.07, 6.45) is 11.4. The average Bonchev–Trinajstić information content (AvgIpc) is 2.99. The van der Waals surface area contributed by atoms with Crippen LogP contribution in [-0.2, 0) is 9.53 Å². The molecule has 3 rings (SSSR count). The number of hydrogen-bond donors (Lipinski definition) is 0. The molecule has 0 aromatic heterocycles. The van der Waals surface area contributed by atoms with Gasteiger partial charge in [0.15, 0.2) is 0 Å². The number of benzene rings is 1. The molecule has 0 saturated heterocycles. The normalized spacial score (nSPS) is 20.4. The molecule has 4 nitrogen and oxygen atoms in total. The Bertz CT molecular complexity index is 1050. The summed E-state index contributed by atoms with van der Waals surface area (Å²) in [5, 5.41) is 10.0. The molecule has 0 N–H and O–H groups in total. The number of rotatable bonds is 5. The molecule has 6 heteroatoms. The lowest BCUT2D eigenvalue weighted by Crippen LogP contribution is -2.24. The van der Waals surface area contributed by atoms with E-state index in [9.17, 15) is 4.79 Å². The number of hydrogen-bond acceptors (Lipinski definition) is 4. The summed E-state index contributed by atoms with van der Waals surface area (Å²) in [4.78, 5) is 12.0. The van der Waals surface area contributed by atoms with Crippen LogP contribution in [0.3, 0.4) is 0 Å². The van der Waals surface area contributed by atoms with Crippen molar-refractivity contribution >= 4 is 29.2 Å². The van der Waals surface area contributed by atoms with Crippen LogP contribution in [0.5, 0.6) is 5.75 Å². The molecule has 32 heavy (non-hydrogen) atoms. The van der Waals surface area contributed by atoms with Gasteiger partial charge in [-0.05, 0) is 67.9 Å². The van der Waals surface area contributed by atoms with Gasteiger partial charge in [0.2, 0.25) is 0 Å². The van der Waals surface area contributed by atoms with E-state index in [0.29, 0.717) is 45.7 Å². The second-order valence-electron chi connectivity index (χ2n) is 7.88. The van der Waals surface area contributed by atoms with Gasteiger partial charge in [0, 0.05) is 23.9 Å². The van der Waals surface area contributed by atoms with Crippen LogP contribution in [0.15, 0.2) is 52.6 Å². The fraction of sp³-hybridized carbons (Fsp3) is 0.385. The third kappa shape index (κ3) is 6.67. The number of ether oxygens (including phenoxy) is 2. The third-order valence-corrected chi connectivity index (χ3v) is 6.31. The number of methoxy groups -OCH3 is 1. The molecule has 0 amide bonds. The van der Waals surface area contributed by atoms with E-state index in [0.717, 1.165) is 37.7 Å². The van der Waals surface area contributed by atoms with Gasteiger partial charge >= 0.3 is 5.97 Å². The van der Waals surface area contributed by atoms with E-state index in [1.807, 2.05) is 6.08 Å². The molecule has 0 atom stereocenters. The number of esters is 1. The van der Waals surface area contributed by atoms with Crippen molar-refractivity contribution in [2.45, 2.75) is 51.0 Å². The van der Waals surface area contributed by atoms with Gasteiger partial charge in [-0.1, -0.05) is 35.2 Å². The number of nitriles is 1. The molecule has 0 aliphatic heterocycles. The highest BCUT2D eigenvalue weighted by Gasteiger charge is 2.22. The molecule has 0 unspecified atom stereocenters. The topological polar surface area (TPSA) is 59.3 Å². The van der Waals surface area contributed by atoms with Crippen molar-refractivity contribution in [3.63, 3.8) is 0 Å². The molecule has 2 aliphatic rings. The molecule has 0 spiro atoms. The van der Waals surface area contributed by atoms with Crippen LogP contribution in [0, 0.1) is 29.1 Å². The summed E-state index contributed by atoms with van der Waals surface area (Å²) in [6, 6.07) is 7.25. The second kappa shape index (κ2) is 11.8. The molecule has 1 aromatic carbocycles. The zero-order valence-corrected chi connectivity index (χ0v) is 19.5. The second-order valence-corrected chi connectivity index (χ2v) is 8.73. The van der Waals surface area contributed by atoms with Crippen molar-refractivity contribution in [2.24, 2.45) is 5.92 Å². The quantitative estimate of drug-likeness (QED) is 0.365. The maximum absolute atomic E-state index is 12.0. The summed E-state index contributed by atoms with van der Waals surface area (Å²) in [7, 11) is 1.38. The van der Waals surface area contributed by atoms with Crippen molar-refractivity contribution in [1.29, 1.82) is 5.26 Å². The lowest BCUT2D eigenvalue weighted by molar-refractivity contribution is -0.135. The molecular formula is C26H25Cl2NO3. The Morgan fingerprint density at radius 1 is 1.16 bits per heavy atom. The van der Waals surface area contributed by atoms with E-state index >= 15 is 0 Å². The van der Waals surface area contributed by atoms with Crippen LogP contribution in [0.25, 0.3) is 0 Å². The molecule has 0 bridgehead atoms. The predicted molar refractivity (Wildman–Crippen MR) is 126 cm³/mol. The van der Waals surface area contributed by atoms with E-state index in [4.69, 9.17) is 37.9 Å². The van der Waals surface area contributed by atoms with Crippen molar-refractivity contribution in [3.05, 3.63) is 63.2 Å². The smallest absolute Gasteiger partial charge is 0.337 e. The molecule has 1 saturated carbocycles. The number of halogens is 2. The van der Waals surface area contributed by atoms with Gasteiger partial charge in [-0.3, -0.25) is 0 Å². The van der Waals surface area contributed by atoms with Gasteiger partial charge in [0.25, 0.3) is 0 Å². The first kappa shape index (κ1) is 24.0. The summed E-state index contributed by atoms with van der Waals surface area (Å²) >= 11 is 12.2. The van der Waals surface area contributed by atoms with Crippen molar-refractivity contribution in [3.8, 4) is 23.7 Å². The van der Waals surface area contributed by atoms with Crippen molar-refractivity contribution in [2.75, 3.05) is 7.11 Å². The number of allylic oxidation sites excluding steroid dienone is 4. The van der Waals surface area contributed by atoms with Gasteiger partial charge < -0.3 is 9.47 Å². The molecule has 1 fully saturated rings. The van der Waals surface area contributed by atoms with Crippen LogP contribution in [0.1, 0.15) is 50.5 Å². The molecule has 2 aliphatic carbocycles. The zero-order valence-electron chi connectivity index (χ0n) is 18.0. The van der Waals surface area contributed by atoms with Crippen molar-refractivity contribution < 1.29 is 14.3 Å². The highest BCUT2D eigenvalue weighted by atomic mass is 35.5. The maximum atomic E-state index is 12.0. The van der Waals surface area contributed by atoms with Crippen LogP contribution in [0.2, 0.25) is 5.02 Å². The Balaban J connectivity index is 1.49. The number of carbonyl (C=O) groups is 1. The summed E-state index contributed by atoms with van der Waals surface area (Å²) in [5.41, 5.74) is 1.92. The predicted octanol–water partition coefficient (Wildman–Crippen LogP) is 6.49. The highest BCUT2D eigenvalue weighted by Crippen LogP contribution is 2.31. The fourth-order valence-corrected chi connectivity index (χ4v) is 4.21. The Kier molecular flexibility index (Phi) is 8.86. The summed E-state index contributed by atoms with van der Waals surface area (Å²) in [6.45, 7) is 0. The van der Waals surface area contributed by atoms with E-state index in [1.165, 1.54) is 7.11 Å². The lowest BCUT2D eigenvalue weighted by Gasteiger charge is -2.28. The van der Waals surface area contributed by atoms with E-state index in [-0.39, 0.29) is 12.1 Å². The number of nitrogens with zero attached hydrogens (tertiary/aromatic N) is 1. The van der Waals surface area contributed by atoms with Gasteiger partial charge in [-0.2, -0.15) is 5.26 Å². The Labute approximate surface area is 199 Å². The van der Waals surface area contributed by atoms with Crippen LogP contribution < -0.4 is 4.74 Å². The SMILES string of the molecule is COC(=O)C1=C(CC#CC[C@H]2CC[C@H](Oc3ccc(C#N)c(Cl)c3)CC2)CC=C(Cl)C=C1. The first-order chi connectivity index (χ1) is 15.5. The van der Waals surface area contributed by atoms with E-state index in [1.54, 1.807) is 30.4 Å². The largest absolute Gasteiger partial charge is 0.490 e. The summed E-state index contributed by atoms with van der Waals surface area (Å²) in [5.74, 6) is 7.41. The molecule has 1 aromatic rings. The minimum absolute atomic E-state index is 0.158. The molecular weight excluding hydrogens is 445 g/mol. The molecule has 166 valence electrons. The van der Waals surface area contributed by atoms with Gasteiger partial charge in [-0.25, -0.2) is 4.79 Å². The maximum Gasteiger partial charge on any atom is 0.337 e. The minimum atomic E-state index is -0.361. The average molecular weight is 470 g/mol. The third-order valence-electron chi connectivity index (χ3n) is 5.71. The fourth-order valence-electron chi connectivity index (χ4n) is 3.86. The Morgan fingerprint density at radius 3 is 2.62 bits per heavy atom. The standard InChI is InChI=1S/C26H25Cl2NO3/c1-31-26(30)24-15-11-21(27)10-8-19(24)5-3-2-4-18-6-12-22(13-7-18)32-23-14-9-20(17-29)25(28)16-23/h9-11,14-16,18,22H,4-8,12-13H2,1H3/t18-,22-. The molecule has 0 radical (unpaired) electrons. The lowest BCUT2D eigenvalue weighted by atomic mass is 9.85. The van der Waals surface area contributed by atoms with Gasteiger partial charge in [-0.15, -0.1) is 5.92 Å². The minimum Gasteiger partial charge on any atom is -0.490 e. The van der Waals surface area contributed by atoms with Crippen molar-refractivity contribution in [1.82, 2.24) is 0 Å². The van der Waals surface area contributed by atoms with Gasteiger partial charge in [0.05, 0.1) is 29.4 Å². The monoisotopic (exact) mass is 469 g/mol. The van der Waals surface area contributed by atoms with Crippen LogP contribution in [0.4, 0.5) is 0 Å². The first-order valence-electron chi connectivity index (χ1n) is 10.7. The molecule has 0 heterocycles. The van der Waals surface area contributed by atoms with Gasteiger partial charge in [0.1, 0.15) is 11.8 Å². The zero-order chi connectivity index (χ0) is 22.9. The summed E-state index contributed by atoms with van der Waals surface area (Å²) < 4.78 is 10.9. The van der Waals surface area contributed by atoms with Crippen LogP contribution >= 0.6 is 23.2 Å². The Hall–Kier alpha value is -2.66. The highest BCUT2D eigenvalue weighted by molar-refractivity contribution is 6.32. The first-order valence-corrected chi connectivity index (χ1v) is 11.4. The Morgan fingerprint density at radius 2 is 1.94 bits per heavy atom. The van der Waals surface area contributed by atoms with Crippen LogP contribution in [-0.4, -0.2) is 19.2 Å².